The number of ether oxygens (including phenoxy) is 1. The Morgan fingerprint density at radius 1 is 1.14 bits per heavy atom. The molecule has 1 aliphatic heterocycles. The van der Waals surface area contributed by atoms with Gasteiger partial charge in [0.15, 0.2) is 6.10 Å². The Morgan fingerprint density at radius 3 is 2.38 bits per heavy atom. The summed E-state index contributed by atoms with van der Waals surface area (Å²) in [6, 6.07) is 6.11. The van der Waals surface area contributed by atoms with Crippen molar-refractivity contribution in [2.75, 3.05) is 26.2 Å². The minimum atomic E-state index is -0.542. The van der Waals surface area contributed by atoms with Crippen LogP contribution in [-0.4, -0.2) is 59.9 Å². The van der Waals surface area contributed by atoms with E-state index in [-0.39, 0.29) is 30.3 Å². The average molecular weight is 424 g/mol. The fraction of sp³-hybridized carbons (Fsp3) is 0.636. The van der Waals surface area contributed by atoms with Crippen molar-refractivity contribution in [1.29, 1.82) is 0 Å². The summed E-state index contributed by atoms with van der Waals surface area (Å²) >= 11 is 0. The van der Waals surface area contributed by atoms with E-state index in [1.807, 2.05) is 36.9 Å². The van der Waals surface area contributed by atoms with Gasteiger partial charge in [-0.15, -0.1) is 12.4 Å². The molecule has 29 heavy (non-hydrogen) atoms. The molecule has 2 fully saturated rings. The molecule has 2 N–H and O–H groups in total. The van der Waals surface area contributed by atoms with Crippen molar-refractivity contribution in [3.05, 3.63) is 29.3 Å². The lowest BCUT2D eigenvalue weighted by Crippen LogP contribution is -2.53. The van der Waals surface area contributed by atoms with Gasteiger partial charge in [-0.05, 0) is 51.2 Å². The monoisotopic (exact) mass is 423 g/mol. The Labute approximate surface area is 180 Å². The summed E-state index contributed by atoms with van der Waals surface area (Å²) in [5.41, 5.74) is 8.29. The first-order chi connectivity index (χ1) is 13.3. The van der Waals surface area contributed by atoms with Crippen LogP contribution in [0.3, 0.4) is 0 Å². The number of hydrogen-bond acceptors (Lipinski definition) is 4. The lowest BCUT2D eigenvalue weighted by atomic mass is 9.99. The molecular formula is C22H34ClN3O3. The van der Waals surface area contributed by atoms with Crippen molar-refractivity contribution < 1.29 is 14.3 Å². The molecule has 7 heteroatoms. The van der Waals surface area contributed by atoms with E-state index in [0.29, 0.717) is 38.5 Å². The zero-order valence-corrected chi connectivity index (χ0v) is 18.5. The third-order valence-corrected chi connectivity index (χ3v) is 6.08. The lowest BCUT2D eigenvalue weighted by Gasteiger charge is -2.36. The standard InChI is InChI=1S/C22H33N3O3.ClH/c1-15-7-8-20(16(2)13-15)28-17(3)22(27)25-11-9-24(10-12-25)21(26)14-18-5-4-6-19(18)23;/h7-8,13,17-19H,4-6,9-12,14,23H2,1-3H3;1H/t17?,18-,19+;/m0./s1. The number of piperazine rings is 1. The summed E-state index contributed by atoms with van der Waals surface area (Å²) < 4.78 is 5.90. The zero-order valence-electron chi connectivity index (χ0n) is 17.7. The van der Waals surface area contributed by atoms with Gasteiger partial charge in [0.25, 0.3) is 5.91 Å². The number of nitrogens with zero attached hydrogens (tertiary/aromatic N) is 2. The first-order valence-corrected chi connectivity index (χ1v) is 10.4. The van der Waals surface area contributed by atoms with Crippen LogP contribution in [-0.2, 0) is 9.59 Å². The second-order valence-corrected chi connectivity index (χ2v) is 8.29. The molecule has 0 bridgehead atoms. The first kappa shape index (κ1) is 23.5. The SMILES string of the molecule is Cc1ccc(OC(C)C(=O)N2CCN(C(=O)C[C@@H]3CCC[C@H]3N)CC2)c(C)c1.Cl. The number of carbonyl (C=O) groups is 2. The number of aryl methyl sites for hydroxylation is 2. The molecule has 3 rings (SSSR count). The van der Waals surface area contributed by atoms with Crippen LogP contribution in [0.25, 0.3) is 0 Å². The van der Waals surface area contributed by atoms with Gasteiger partial charge in [-0.3, -0.25) is 9.59 Å². The summed E-state index contributed by atoms with van der Waals surface area (Å²) in [4.78, 5) is 29.0. The second-order valence-electron chi connectivity index (χ2n) is 8.29. The highest BCUT2D eigenvalue weighted by molar-refractivity contribution is 5.85. The van der Waals surface area contributed by atoms with E-state index in [2.05, 4.69) is 0 Å². The van der Waals surface area contributed by atoms with Crippen molar-refractivity contribution in [2.24, 2.45) is 11.7 Å². The largest absolute Gasteiger partial charge is 0.481 e. The van der Waals surface area contributed by atoms with Crippen LogP contribution in [0.1, 0.15) is 43.7 Å². The van der Waals surface area contributed by atoms with Gasteiger partial charge in [-0.25, -0.2) is 0 Å². The number of amides is 2. The Bertz CT molecular complexity index is 719. The van der Waals surface area contributed by atoms with Crippen LogP contribution in [0.15, 0.2) is 18.2 Å². The predicted octanol–water partition coefficient (Wildman–Crippen LogP) is 2.68. The Hall–Kier alpha value is -1.79. The Kier molecular flexibility index (Phi) is 8.34. The van der Waals surface area contributed by atoms with Crippen LogP contribution in [0.2, 0.25) is 0 Å². The topological polar surface area (TPSA) is 75.9 Å². The minimum Gasteiger partial charge on any atom is -0.481 e. The summed E-state index contributed by atoms with van der Waals surface area (Å²) in [5.74, 6) is 1.21. The van der Waals surface area contributed by atoms with Gasteiger partial charge in [0, 0.05) is 38.6 Å². The number of halogens is 1. The van der Waals surface area contributed by atoms with Gasteiger partial charge in [0.05, 0.1) is 0 Å². The van der Waals surface area contributed by atoms with E-state index in [1.54, 1.807) is 11.8 Å². The normalized spacial score (nSPS) is 22.8. The van der Waals surface area contributed by atoms with Crippen LogP contribution in [0.4, 0.5) is 0 Å². The van der Waals surface area contributed by atoms with Crippen LogP contribution in [0, 0.1) is 19.8 Å². The van der Waals surface area contributed by atoms with Gasteiger partial charge in [0.2, 0.25) is 5.91 Å². The lowest BCUT2D eigenvalue weighted by molar-refractivity contribution is -0.144. The molecule has 2 aliphatic rings. The van der Waals surface area contributed by atoms with E-state index in [9.17, 15) is 9.59 Å². The van der Waals surface area contributed by atoms with Crippen LogP contribution < -0.4 is 10.5 Å². The molecule has 0 spiro atoms. The predicted molar refractivity (Wildman–Crippen MR) is 116 cm³/mol. The molecule has 1 aliphatic carbocycles. The fourth-order valence-electron chi connectivity index (χ4n) is 4.28. The van der Waals surface area contributed by atoms with E-state index >= 15 is 0 Å². The zero-order chi connectivity index (χ0) is 20.3. The smallest absolute Gasteiger partial charge is 0.263 e. The molecule has 1 saturated carbocycles. The maximum Gasteiger partial charge on any atom is 0.263 e. The van der Waals surface area contributed by atoms with Crippen molar-refractivity contribution in [3.8, 4) is 5.75 Å². The van der Waals surface area contributed by atoms with E-state index < -0.39 is 6.10 Å². The molecule has 1 aromatic carbocycles. The molecule has 3 atom stereocenters. The molecule has 1 aromatic rings. The highest BCUT2D eigenvalue weighted by Gasteiger charge is 2.31. The highest BCUT2D eigenvalue weighted by atomic mass is 35.5. The van der Waals surface area contributed by atoms with Crippen molar-refractivity contribution >= 4 is 24.2 Å². The van der Waals surface area contributed by atoms with Gasteiger partial charge in [0.1, 0.15) is 5.75 Å². The van der Waals surface area contributed by atoms with Gasteiger partial charge in [-0.1, -0.05) is 24.1 Å². The average Bonchev–Trinajstić information content (AvgIpc) is 3.08. The van der Waals surface area contributed by atoms with Gasteiger partial charge >= 0.3 is 0 Å². The number of hydrogen-bond donors (Lipinski definition) is 1. The number of rotatable bonds is 5. The molecule has 0 radical (unpaired) electrons. The van der Waals surface area contributed by atoms with Gasteiger partial charge in [-0.2, -0.15) is 0 Å². The third kappa shape index (κ3) is 5.86. The van der Waals surface area contributed by atoms with E-state index in [1.165, 1.54) is 5.56 Å². The molecule has 1 saturated heterocycles. The summed E-state index contributed by atoms with van der Waals surface area (Å²) in [6.07, 6.45) is 3.21. The fourth-order valence-corrected chi connectivity index (χ4v) is 4.28. The molecule has 1 heterocycles. The van der Waals surface area contributed by atoms with Crippen molar-refractivity contribution in [2.45, 2.75) is 58.6 Å². The number of nitrogens with two attached hydrogens (primary N) is 1. The van der Waals surface area contributed by atoms with Crippen LogP contribution in [0.5, 0.6) is 5.75 Å². The van der Waals surface area contributed by atoms with E-state index in [0.717, 1.165) is 30.6 Å². The van der Waals surface area contributed by atoms with Crippen molar-refractivity contribution in [3.63, 3.8) is 0 Å². The maximum absolute atomic E-state index is 12.8. The molecule has 6 nitrogen and oxygen atoms in total. The highest BCUT2D eigenvalue weighted by Crippen LogP contribution is 2.27. The summed E-state index contributed by atoms with van der Waals surface area (Å²) in [5, 5.41) is 0. The number of carbonyl (C=O) groups excluding carboxylic acids is 2. The Morgan fingerprint density at radius 2 is 1.79 bits per heavy atom. The molecule has 2 amide bonds. The first-order valence-electron chi connectivity index (χ1n) is 10.4. The molecular weight excluding hydrogens is 390 g/mol. The molecule has 1 unspecified atom stereocenters. The maximum atomic E-state index is 12.8. The summed E-state index contributed by atoms with van der Waals surface area (Å²) in [6.45, 7) is 8.10. The molecule has 0 aromatic heterocycles. The summed E-state index contributed by atoms with van der Waals surface area (Å²) in [7, 11) is 0. The van der Waals surface area contributed by atoms with Gasteiger partial charge < -0.3 is 20.3 Å². The minimum absolute atomic E-state index is 0. The third-order valence-electron chi connectivity index (χ3n) is 6.08. The van der Waals surface area contributed by atoms with E-state index in [4.69, 9.17) is 10.5 Å². The molecule has 162 valence electrons. The Balaban J connectivity index is 0.00000300. The number of benzene rings is 1. The second kappa shape index (κ2) is 10.3. The van der Waals surface area contributed by atoms with Crippen molar-refractivity contribution in [1.82, 2.24) is 9.80 Å². The quantitative estimate of drug-likeness (QED) is 0.789. The van der Waals surface area contributed by atoms with Crippen LogP contribution >= 0.6 is 12.4 Å².